The topological polar surface area (TPSA) is 20.3 Å². The highest BCUT2D eigenvalue weighted by Crippen LogP contribution is 2.16. The van der Waals surface area contributed by atoms with E-state index in [2.05, 4.69) is 11.0 Å². The Morgan fingerprint density at radius 3 is 2.45 bits per heavy atom. The number of nitrogens with zero attached hydrogens (tertiary/aromatic N) is 1. The fraction of sp³-hybridized carbons (Fsp3) is 0.316. The van der Waals surface area contributed by atoms with Gasteiger partial charge in [-0.3, -0.25) is 9.69 Å². The minimum absolute atomic E-state index is 0.111. The third-order valence-electron chi connectivity index (χ3n) is 3.98. The molecule has 0 N–H and O–H groups in total. The summed E-state index contributed by atoms with van der Waals surface area (Å²) in [6, 6.07) is 15.9. The molecule has 0 amide bonds. The largest absolute Gasteiger partial charge is 0.297 e. The van der Waals surface area contributed by atoms with Crippen LogP contribution in [0.3, 0.4) is 0 Å². The first-order valence-corrected chi connectivity index (χ1v) is 8.88. The maximum Gasteiger partial charge on any atom is 0.193 e. The number of ketones is 1. The lowest BCUT2D eigenvalue weighted by atomic mass is 10.00. The average molecular weight is 311 g/mol. The molecular weight excluding hydrogens is 290 g/mol. The third-order valence-corrected chi connectivity index (χ3v) is 4.92. The Labute approximate surface area is 136 Å². The van der Waals surface area contributed by atoms with Crippen LogP contribution in [0.1, 0.15) is 27.0 Å². The zero-order valence-electron chi connectivity index (χ0n) is 12.9. The van der Waals surface area contributed by atoms with E-state index in [-0.39, 0.29) is 5.78 Å². The van der Waals surface area contributed by atoms with Crippen molar-refractivity contribution in [3.05, 3.63) is 70.8 Å². The Morgan fingerprint density at radius 1 is 1.05 bits per heavy atom. The average Bonchev–Trinajstić information content (AvgIpc) is 2.55. The fourth-order valence-corrected chi connectivity index (χ4v) is 3.76. The van der Waals surface area contributed by atoms with Crippen molar-refractivity contribution in [1.29, 1.82) is 0 Å². The van der Waals surface area contributed by atoms with Crippen LogP contribution in [0, 0.1) is 6.92 Å². The molecule has 0 saturated carbocycles. The van der Waals surface area contributed by atoms with Crippen molar-refractivity contribution in [2.24, 2.45) is 0 Å². The zero-order valence-corrected chi connectivity index (χ0v) is 13.7. The van der Waals surface area contributed by atoms with Crippen LogP contribution >= 0.6 is 11.8 Å². The van der Waals surface area contributed by atoms with Gasteiger partial charge in [-0.1, -0.05) is 42.0 Å². The maximum atomic E-state index is 12.6. The van der Waals surface area contributed by atoms with E-state index in [9.17, 15) is 4.79 Å². The molecule has 0 bridgehead atoms. The Morgan fingerprint density at radius 2 is 1.73 bits per heavy atom. The van der Waals surface area contributed by atoms with Crippen molar-refractivity contribution in [3.63, 3.8) is 0 Å². The summed E-state index contributed by atoms with van der Waals surface area (Å²) in [5.41, 5.74) is 3.90. The van der Waals surface area contributed by atoms with Gasteiger partial charge in [0, 0.05) is 42.3 Å². The summed E-state index contributed by atoms with van der Waals surface area (Å²) in [5, 5.41) is 0. The molecule has 0 aromatic heterocycles. The fourth-order valence-electron chi connectivity index (χ4n) is 2.78. The van der Waals surface area contributed by atoms with Crippen LogP contribution in [-0.4, -0.2) is 35.3 Å². The monoisotopic (exact) mass is 311 g/mol. The van der Waals surface area contributed by atoms with Crippen molar-refractivity contribution in [2.45, 2.75) is 13.5 Å². The second kappa shape index (κ2) is 7.12. The molecule has 22 heavy (non-hydrogen) atoms. The molecule has 0 aliphatic carbocycles. The van der Waals surface area contributed by atoms with Gasteiger partial charge >= 0.3 is 0 Å². The van der Waals surface area contributed by atoms with E-state index in [1.54, 1.807) is 0 Å². The number of hydrogen-bond donors (Lipinski definition) is 0. The number of carbonyl (C=O) groups excluding carboxylic acids is 1. The van der Waals surface area contributed by atoms with Gasteiger partial charge in [0.2, 0.25) is 0 Å². The van der Waals surface area contributed by atoms with Crippen molar-refractivity contribution in [1.82, 2.24) is 4.90 Å². The molecular formula is C19H21NOS. The van der Waals surface area contributed by atoms with E-state index in [0.29, 0.717) is 0 Å². The Kier molecular flexibility index (Phi) is 4.96. The van der Waals surface area contributed by atoms with Crippen LogP contribution < -0.4 is 0 Å². The van der Waals surface area contributed by atoms with Crippen LogP contribution in [-0.2, 0) is 6.54 Å². The minimum Gasteiger partial charge on any atom is -0.297 e. The van der Waals surface area contributed by atoms with Crippen molar-refractivity contribution >= 4 is 17.5 Å². The molecule has 0 unspecified atom stereocenters. The maximum absolute atomic E-state index is 12.6. The molecule has 3 rings (SSSR count). The van der Waals surface area contributed by atoms with Crippen molar-refractivity contribution < 1.29 is 4.79 Å². The quantitative estimate of drug-likeness (QED) is 0.802. The molecule has 1 aliphatic heterocycles. The van der Waals surface area contributed by atoms with Gasteiger partial charge in [0.15, 0.2) is 5.78 Å². The minimum atomic E-state index is 0.111. The number of thioether (sulfide) groups is 1. The molecule has 2 aromatic rings. The van der Waals surface area contributed by atoms with Crippen molar-refractivity contribution in [3.8, 4) is 0 Å². The van der Waals surface area contributed by atoms with E-state index >= 15 is 0 Å². The van der Waals surface area contributed by atoms with Gasteiger partial charge in [-0.2, -0.15) is 11.8 Å². The summed E-state index contributed by atoms with van der Waals surface area (Å²) in [4.78, 5) is 15.1. The third kappa shape index (κ3) is 3.79. The summed E-state index contributed by atoms with van der Waals surface area (Å²) in [7, 11) is 0. The SMILES string of the molecule is Cc1cccc(C(=O)c2cccc(CN3CCSCC3)c2)c1. The van der Waals surface area contributed by atoms with E-state index in [1.165, 1.54) is 17.1 Å². The van der Waals surface area contributed by atoms with Gasteiger partial charge in [0.05, 0.1) is 0 Å². The van der Waals surface area contributed by atoms with Gasteiger partial charge in [0.1, 0.15) is 0 Å². The second-order valence-corrected chi connectivity index (χ2v) is 7.01. The number of aryl methyl sites for hydroxylation is 1. The number of rotatable bonds is 4. The number of hydrogen-bond acceptors (Lipinski definition) is 3. The molecule has 3 heteroatoms. The van der Waals surface area contributed by atoms with Crippen LogP contribution in [0.4, 0.5) is 0 Å². The lowest BCUT2D eigenvalue weighted by Gasteiger charge is -2.26. The van der Waals surface area contributed by atoms with Crippen molar-refractivity contribution in [2.75, 3.05) is 24.6 Å². The molecule has 2 nitrogen and oxygen atoms in total. The van der Waals surface area contributed by atoms with Crippen LogP contribution in [0.15, 0.2) is 48.5 Å². The zero-order chi connectivity index (χ0) is 15.4. The molecule has 0 atom stereocenters. The first-order valence-electron chi connectivity index (χ1n) is 7.73. The molecule has 0 radical (unpaired) electrons. The van der Waals surface area contributed by atoms with Crippen LogP contribution in [0.2, 0.25) is 0 Å². The Balaban J connectivity index is 1.76. The van der Waals surface area contributed by atoms with E-state index in [1.807, 2.05) is 61.2 Å². The lowest BCUT2D eigenvalue weighted by Crippen LogP contribution is -2.31. The molecule has 1 fully saturated rings. The first-order chi connectivity index (χ1) is 10.7. The van der Waals surface area contributed by atoms with Gasteiger partial charge in [0.25, 0.3) is 0 Å². The predicted octanol–water partition coefficient (Wildman–Crippen LogP) is 3.77. The summed E-state index contributed by atoms with van der Waals surface area (Å²) in [6.07, 6.45) is 0. The normalized spacial score (nSPS) is 15.7. The highest BCUT2D eigenvalue weighted by atomic mass is 32.2. The Hall–Kier alpha value is -1.58. The molecule has 1 saturated heterocycles. The molecule has 114 valence electrons. The standard InChI is InChI=1S/C19H21NOS/c1-15-4-2-6-17(12-15)19(21)18-7-3-5-16(13-18)14-20-8-10-22-11-9-20/h2-7,12-13H,8-11,14H2,1H3. The summed E-state index contributed by atoms with van der Waals surface area (Å²) < 4.78 is 0. The molecule has 1 heterocycles. The predicted molar refractivity (Wildman–Crippen MR) is 93.7 cm³/mol. The smallest absolute Gasteiger partial charge is 0.193 e. The van der Waals surface area contributed by atoms with Gasteiger partial charge in [-0.15, -0.1) is 0 Å². The van der Waals surface area contributed by atoms with Gasteiger partial charge in [-0.25, -0.2) is 0 Å². The second-order valence-electron chi connectivity index (χ2n) is 5.79. The summed E-state index contributed by atoms with van der Waals surface area (Å²) >= 11 is 2.02. The molecule has 2 aromatic carbocycles. The van der Waals surface area contributed by atoms with E-state index < -0.39 is 0 Å². The summed E-state index contributed by atoms with van der Waals surface area (Å²) in [6.45, 7) is 5.23. The first kappa shape index (κ1) is 15.3. The Bertz CT molecular complexity index is 662. The van der Waals surface area contributed by atoms with E-state index in [0.717, 1.165) is 36.3 Å². The number of benzene rings is 2. The lowest BCUT2D eigenvalue weighted by molar-refractivity contribution is 0.103. The summed E-state index contributed by atoms with van der Waals surface area (Å²) in [5.74, 6) is 2.53. The highest BCUT2D eigenvalue weighted by molar-refractivity contribution is 7.99. The number of carbonyl (C=O) groups is 1. The van der Waals surface area contributed by atoms with Crippen LogP contribution in [0.25, 0.3) is 0 Å². The van der Waals surface area contributed by atoms with Gasteiger partial charge < -0.3 is 0 Å². The molecule has 0 spiro atoms. The molecule has 1 aliphatic rings. The van der Waals surface area contributed by atoms with Gasteiger partial charge in [-0.05, 0) is 24.6 Å². The van der Waals surface area contributed by atoms with E-state index in [4.69, 9.17) is 0 Å². The highest BCUT2D eigenvalue weighted by Gasteiger charge is 2.13. The van der Waals surface area contributed by atoms with Crippen LogP contribution in [0.5, 0.6) is 0 Å².